The van der Waals surface area contributed by atoms with Gasteiger partial charge in [0.25, 0.3) is 0 Å². The zero-order chi connectivity index (χ0) is 38.8. The maximum atomic E-state index is 10.4. The lowest BCUT2D eigenvalue weighted by molar-refractivity contribution is -0.156. The number of ether oxygens (including phenoxy) is 2. The van der Waals surface area contributed by atoms with Crippen molar-refractivity contribution < 1.29 is 27.4 Å². The van der Waals surface area contributed by atoms with Crippen LogP contribution < -0.4 is 0 Å². The number of fused-ring (bicyclic) bond motifs is 6. The molecule has 4 aromatic heterocycles. The van der Waals surface area contributed by atoms with Gasteiger partial charge in [0.1, 0.15) is 0 Å². The van der Waals surface area contributed by atoms with Gasteiger partial charge in [-0.2, -0.15) is 13.2 Å². The van der Waals surface area contributed by atoms with Crippen LogP contribution in [0.25, 0.3) is 22.4 Å². The Hall–Kier alpha value is -3.90. The summed E-state index contributed by atoms with van der Waals surface area (Å²) in [7, 11) is 0. The van der Waals surface area contributed by atoms with Crippen molar-refractivity contribution in [1.29, 1.82) is 0 Å². The van der Waals surface area contributed by atoms with Crippen molar-refractivity contribution >= 4 is 28.7 Å². The van der Waals surface area contributed by atoms with Gasteiger partial charge >= 0.3 is 6.18 Å². The fourth-order valence-electron chi connectivity index (χ4n) is 10.2. The van der Waals surface area contributed by atoms with E-state index in [4.69, 9.17) is 34.2 Å². The molecule has 0 spiro atoms. The van der Waals surface area contributed by atoms with Crippen LogP contribution in [-0.2, 0) is 27.1 Å². The fourth-order valence-corrected chi connectivity index (χ4v) is 10.2. The third kappa shape index (κ3) is 8.92. The first-order valence-electron chi connectivity index (χ1n) is 21.0. The van der Waals surface area contributed by atoms with Gasteiger partial charge in [-0.3, -0.25) is 23.6 Å². The highest BCUT2D eigenvalue weighted by molar-refractivity contribution is 5.74. The highest BCUT2D eigenvalue weighted by Gasteiger charge is 2.32. The number of allylic oxidation sites excluding steroid dienone is 4. The lowest BCUT2D eigenvalue weighted by Crippen LogP contribution is -2.17. The maximum Gasteiger partial charge on any atom is 0.446 e. The highest BCUT2D eigenvalue weighted by atomic mass is 19.4. The number of rotatable bonds is 4. The molecule has 9 nitrogen and oxygen atoms in total. The number of imidazole rings is 2. The molecule has 2 saturated carbocycles. The van der Waals surface area contributed by atoms with Gasteiger partial charge in [-0.05, 0) is 73.3 Å². The number of carbonyl (C=O) groups is 1. The quantitative estimate of drug-likeness (QED) is 0.190. The maximum absolute atomic E-state index is 10.4. The van der Waals surface area contributed by atoms with Gasteiger partial charge in [0, 0.05) is 63.5 Å². The zero-order valence-electron chi connectivity index (χ0n) is 32.8. The van der Waals surface area contributed by atoms with E-state index in [9.17, 15) is 13.2 Å². The van der Waals surface area contributed by atoms with Crippen molar-refractivity contribution in [3.63, 3.8) is 0 Å². The van der Waals surface area contributed by atoms with E-state index in [-0.39, 0.29) is 7.43 Å². The van der Waals surface area contributed by atoms with Gasteiger partial charge in [-0.1, -0.05) is 72.0 Å². The van der Waals surface area contributed by atoms with Crippen molar-refractivity contribution in [2.24, 2.45) is 23.7 Å². The lowest BCUT2D eigenvalue weighted by Gasteiger charge is -2.27. The largest absolute Gasteiger partial charge is 0.446 e. The minimum atomic E-state index is -4.64. The molecular weight excluding hydrogens is 730 g/mol. The van der Waals surface area contributed by atoms with Crippen molar-refractivity contribution in [3.8, 4) is 0 Å². The Morgan fingerprint density at radius 3 is 1.40 bits per heavy atom. The van der Waals surface area contributed by atoms with Crippen molar-refractivity contribution in [1.82, 2.24) is 28.7 Å². The van der Waals surface area contributed by atoms with Crippen LogP contribution in [0.15, 0.2) is 36.9 Å². The van der Waals surface area contributed by atoms with Gasteiger partial charge < -0.3 is 9.47 Å². The van der Waals surface area contributed by atoms with E-state index in [0.29, 0.717) is 23.7 Å². The minimum absolute atomic E-state index is 0. The Balaban J connectivity index is 0.000000150. The lowest BCUT2D eigenvalue weighted by atomic mass is 9.79. The Morgan fingerprint density at radius 2 is 1.04 bits per heavy atom. The van der Waals surface area contributed by atoms with Crippen LogP contribution in [0, 0.1) is 23.7 Å². The molecule has 4 fully saturated rings. The van der Waals surface area contributed by atoms with Gasteiger partial charge in [0.15, 0.2) is 11.3 Å². The average molecular weight is 789 g/mol. The molecule has 57 heavy (non-hydrogen) atoms. The van der Waals surface area contributed by atoms with Gasteiger partial charge in [-0.25, -0.2) is 9.97 Å². The number of carbonyl (C=O) groups excluding carboxylic acids is 1. The summed E-state index contributed by atoms with van der Waals surface area (Å²) in [6, 6.07) is 0. The molecule has 308 valence electrons. The standard InChI is InChI=1S/2C21H27N3O.C2HF3O.CH4/c2*1-14-4-2-3-5-16(14)19-13-24-20(23-19)12-22-18-7-6-17(21(18)24)15-8-10-25-11-9-15;3-2(4,5)1-6;/h2*6,12-16H,2-5,7-11H2,1H3;1H;1H4. The van der Waals surface area contributed by atoms with Crippen LogP contribution in [0.4, 0.5) is 13.2 Å². The van der Waals surface area contributed by atoms with E-state index in [1.165, 1.54) is 96.7 Å². The summed E-state index contributed by atoms with van der Waals surface area (Å²) in [5.41, 5.74) is 12.6. The molecule has 2 saturated heterocycles. The topological polar surface area (TPSA) is 95.9 Å². The Morgan fingerprint density at radius 1 is 0.649 bits per heavy atom. The normalized spacial score (nSPS) is 25.3. The second-order valence-electron chi connectivity index (χ2n) is 16.8. The van der Waals surface area contributed by atoms with Crippen LogP contribution in [-0.4, -0.2) is 67.6 Å². The Bertz CT molecular complexity index is 1940. The summed E-state index contributed by atoms with van der Waals surface area (Å²) in [5, 5.41) is 0. The molecule has 4 aliphatic carbocycles. The van der Waals surface area contributed by atoms with Crippen molar-refractivity contribution in [2.45, 2.75) is 129 Å². The SMILES string of the molecule is C.CC1CCCCC1c1cn2c3c(ncc2n1)CC=C3C1CCOCC1.CC1CCCCC1c1cn2c3c(ncc2n1)CC=C3C1CCOCC1.O=CC(F)(F)F. The van der Waals surface area contributed by atoms with E-state index in [1.807, 2.05) is 12.4 Å². The summed E-state index contributed by atoms with van der Waals surface area (Å²) in [6.45, 7) is 8.32. The summed E-state index contributed by atoms with van der Waals surface area (Å²) in [6.07, 6.45) is 24.8. The van der Waals surface area contributed by atoms with E-state index in [0.717, 1.165) is 88.1 Å². The molecule has 6 heterocycles. The molecule has 10 rings (SSSR count). The summed E-state index contributed by atoms with van der Waals surface area (Å²) >= 11 is 0. The molecule has 12 heteroatoms. The first kappa shape index (κ1) is 41.3. The molecule has 0 aromatic carbocycles. The molecule has 0 amide bonds. The van der Waals surface area contributed by atoms with Gasteiger partial charge in [0.05, 0.1) is 46.6 Å². The molecule has 0 N–H and O–H groups in total. The number of hydrogen-bond acceptors (Lipinski definition) is 7. The molecule has 0 radical (unpaired) electrons. The number of aromatic nitrogens is 6. The predicted octanol–water partition coefficient (Wildman–Crippen LogP) is 10.2. The minimum Gasteiger partial charge on any atom is -0.381 e. The first-order chi connectivity index (χ1) is 27.2. The summed E-state index contributed by atoms with van der Waals surface area (Å²) < 4.78 is 47.1. The Labute approximate surface area is 334 Å². The molecule has 2 aliphatic heterocycles. The zero-order valence-corrected chi connectivity index (χ0v) is 32.8. The molecule has 4 unspecified atom stereocenters. The molecule has 6 aliphatic rings. The van der Waals surface area contributed by atoms with Crippen LogP contribution >= 0.6 is 0 Å². The smallest absolute Gasteiger partial charge is 0.381 e. The molecule has 4 atom stereocenters. The van der Waals surface area contributed by atoms with E-state index in [2.05, 4.69) is 47.2 Å². The van der Waals surface area contributed by atoms with E-state index < -0.39 is 12.5 Å². The Kier molecular flexibility index (Phi) is 13.0. The number of nitrogens with zero attached hydrogens (tertiary/aromatic N) is 6. The number of hydrogen-bond donors (Lipinski definition) is 0. The second kappa shape index (κ2) is 17.9. The van der Waals surface area contributed by atoms with Crippen LogP contribution in [0.2, 0.25) is 0 Å². The van der Waals surface area contributed by atoms with Gasteiger partial charge in [-0.15, -0.1) is 0 Å². The van der Waals surface area contributed by atoms with Crippen LogP contribution in [0.1, 0.15) is 144 Å². The summed E-state index contributed by atoms with van der Waals surface area (Å²) in [5.74, 6) is 3.93. The van der Waals surface area contributed by atoms with Crippen molar-refractivity contribution in [2.75, 3.05) is 26.4 Å². The highest BCUT2D eigenvalue weighted by Crippen LogP contribution is 2.42. The first-order valence-corrected chi connectivity index (χ1v) is 21.0. The van der Waals surface area contributed by atoms with Crippen LogP contribution in [0.5, 0.6) is 0 Å². The molecule has 0 bridgehead atoms. The third-order valence-electron chi connectivity index (χ3n) is 13.2. The second-order valence-corrected chi connectivity index (χ2v) is 16.8. The number of halogens is 3. The number of aldehydes is 1. The molecular formula is C45H59F3N6O3. The average Bonchev–Trinajstić information content (AvgIpc) is 4.03. The number of alkyl halides is 3. The van der Waals surface area contributed by atoms with E-state index in [1.54, 1.807) is 0 Å². The monoisotopic (exact) mass is 788 g/mol. The van der Waals surface area contributed by atoms with Crippen LogP contribution in [0.3, 0.4) is 0 Å². The van der Waals surface area contributed by atoms with E-state index >= 15 is 0 Å². The predicted molar refractivity (Wildman–Crippen MR) is 216 cm³/mol. The molecule has 4 aromatic rings. The summed E-state index contributed by atoms with van der Waals surface area (Å²) in [4.78, 5) is 28.2. The third-order valence-corrected chi connectivity index (χ3v) is 13.2. The van der Waals surface area contributed by atoms with Gasteiger partial charge in [0.2, 0.25) is 6.29 Å². The fraction of sp³-hybridized carbons (Fsp3) is 0.622. The van der Waals surface area contributed by atoms with Crippen molar-refractivity contribution in [3.05, 3.63) is 71.1 Å².